The summed E-state index contributed by atoms with van der Waals surface area (Å²) in [6.07, 6.45) is -13.6. The topological polar surface area (TPSA) is 102 Å². The first-order valence-electron chi connectivity index (χ1n) is 13.8. The first-order chi connectivity index (χ1) is 21.4. The number of nitrogens with one attached hydrogen (secondary N) is 1. The second-order valence-electron chi connectivity index (χ2n) is 10.2. The Balaban J connectivity index is 1.31. The van der Waals surface area contributed by atoms with Crippen LogP contribution in [0.25, 0.3) is 27.5 Å². The highest BCUT2D eigenvalue weighted by molar-refractivity contribution is 6.06. The second-order valence-corrected chi connectivity index (χ2v) is 10.2. The van der Waals surface area contributed by atoms with Gasteiger partial charge in [0.1, 0.15) is 30.4 Å². The molecule has 1 aromatic heterocycles. The molecule has 5 rings (SSSR count). The van der Waals surface area contributed by atoms with E-state index in [0.717, 1.165) is 22.9 Å². The number of halogens is 5. The van der Waals surface area contributed by atoms with Gasteiger partial charge < -0.3 is 28.4 Å². The molecule has 3 aromatic carbocycles. The van der Waals surface area contributed by atoms with E-state index in [1.807, 2.05) is 6.92 Å². The molecule has 1 amide bonds. The average molecular weight is 640 g/mol. The number of imidazole rings is 1. The summed E-state index contributed by atoms with van der Waals surface area (Å²) in [5, 5.41) is 4.17. The fourth-order valence-electron chi connectivity index (χ4n) is 5.25. The lowest BCUT2D eigenvalue weighted by Crippen LogP contribution is -2.60. The van der Waals surface area contributed by atoms with Crippen LogP contribution in [-0.2, 0) is 23.7 Å². The summed E-state index contributed by atoms with van der Waals surface area (Å²) in [6, 6.07) is 13.4. The Labute approximate surface area is 253 Å². The fraction of sp³-hybridized carbons (Fsp3) is 0.400. The standard InChI is InChI=1S/C30H30F5N3O7/c1-5-42-25-24(40-3)16(2)43-27(26(25)41-4)44-28(39)37-18-7-12-21-17(14-18)6-13-22-23(21)36-15-38(22)19-8-10-20(11-9-19)45-30(34,35)29(31,32)33/h6-16,24-27H,5H2,1-4H3,(H,37,39)/t16-,24-,25+,26+,27+/m0/s1. The van der Waals surface area contributed by atoms with E-state index in [1.165, 1.54) is 25.6 Å². The molecule has 0 saturated carbocycles. The van der Waals surface area contributed by atoms with Crippen LogP contribution >= 0.6 is 0 Å². The van der Waals surface area contributed by atoms with Gasteiger partial charge in [-0.3, -0.25) is 9.88 Å². The summed E-state index contributed by atoms with van der Waals surface area (Å²) in [6.45, 7) is 4.02. The molecule has 0 spiro atoms. The molecule has 15 heteroatoms. The van der Waals surface area contributed by atoms with Crippen molar-refractivity contribution >= 4 is 33.6 Å². The van der Waals surface area contributed by atoms with E-state index in [0.29, 0.717) is 29.0 Å². The van der Waals surface area contributed by atoms with Crippen LogP contribution in [0.5, 0.6) is 5.75 Å². The molecule has 1 aliphatic rings. The molecule has 2 heterocycles. The number of fused-ring (bicyclic) bond motifs is 3. The largest absolute Gasteiger partial charge is 0.499 e. The number of benzene rings is 3. The van der Waals surface area contributed by atoms with Crippen molar-refractivity contribution < 1.29 is 55.2 Å². The number of hydrogen-bond acceptors (Lipinski definition) is 8. The minimum Gasteiger partial charge on any atom is -0.426 e. The number of amides is 1. The quantitative estimate of drug-likeness (QED) is 0.209. The Hall–Kier alpha value is -4.05. The van der Waals surface area contributed by atoms with E-state index in [1.54, 1.807) is 48.9 Å². The first-order valence-corrected chi connectivity index (χ1v) is 13.8. The fourth-order valence-corrected chi connectivity index (χ4v) is 5.25. The highest BCUT2D eigenvalue weighted by Gasteiger charge is 2.61. The van der Waals surface area contributed by atoms with Crippen molar-refractivity contribution in [3.63, 3.8) is 0 Å². The Morgan fingerprint density at radius 1 is 0.978 bits per heavy atom. The minimum absolute atomic E-state index is 0.396. The van der Waals surface area contributed by atoms with E-state index < -0.39 is 54.8 Å². The molecule has 45 heavy (non-hydrogen) atoms. The molecule has 0 bridgehead atoms. The molecule has 4 aromatic rings. The van der Waals surface area contributed by atoms with Crippen molar-refractivity contribution in [2.24, 2.45) is 0 Å². The zero-order chi connectivity index (χ0) is 32.5. The van der Waals surface area contributed by atoms with Crippen molar-refractivity contribution in [2.45, 2.75) is 56.8 Å². The molecule has 1 aliphatic heterocycles. The third-order valence-corrected chi connectivity index (χ3v) is 7.32. The minimum atomic E-state index is -5.85. The Bertz CT molecular complexity index is 1650. The van der Waals surface area contributed by atoms with Crippen molar-refractivity contribution in [3.05, 3.63) is 60.9 Å². The van der Waals surface area contributed by atoms with Gasteiger partial charge >= 0.3 is 18.4 Å². The van der Waals surface area contributed by atoms with Crippen LogP contribution in [0.1, 0.15) is 13.8 Å². The third-order valence-electron chi connectivity index (χ3n) is 7.32. The summed E-state index contributed by atoms with van der Waals surface area (Å²) >= 11 is 0. The number of ether oxygens (including phenoxy) is 6. The van der Waals surface area contributed by atoms with Gasteiger partial charge in [0.2, 0.25) is 6.29 Å². The summed E-state index contributed by atoms with van der Waals surface area (Å²) in [7, 11) is 3.00. The number of aromatic nitrogens is 2. The number of carbonyl (C=O) groups is 1. The van der Waals surface area contributed by atoms with Crippen LogP contribution in [0, 0.1) is 0 Å². The first kappa shape index (κ1) is 32.3. The van der Waals surface area contributed by atoms with Crippen molar-refractivity contribution in [2.75, 3.05) is 26.1 Å². The summed E-state index contributed by atoms with van der Waals surface area (Å²) in [5.74, 6) is -0.648. The molecule has 1 N–H and O–H groups in total. The van der Waals surface area contributed by atoms with Gasteiger partial charge in [0, 0.05) is 37.6 Å². The van der Waals surface area contributed by atoms with Crippen LogP contribution in [0.3, 0.4) is 0 Å². The molecule has 1 saturated heterocycles. The Morgan fingerprint density at radius 2 is 1.69 bits per heavy atom. The molecule has 1 fully saturated rings. The number of rotatable bonds is 9. The highest BCUT2D eigenvalue weighted by atomic mass is 19.4. The van der Waals surface area contributed by atoms with Gasteiger partial charge in [-0.1, -0.05) is 12.1 Å². The van der Waals surface area contributed by atoms with Gasteiger partial charge in [0.15, 0.2) is 0 Å². The van der Waals surface area contributed by atoms with E-state index in [9.17, 15) is 26.7 Å². The number of carbonyl (C=O) groups excluding carboxylic acids is 1. The van der Waals surface area contributed by atoms with Crippen LogP contribution in [-0.4, -0.2) is 79.5 Å². The van der Waals surface area contributed by atoms with Gasteiger partial charge in [-0.05, 0) is 61.7 Å². The van der Waals surface area contributed by atoms with Gasteiger partial charge in [0.05, 0.1) is 17.1 Å². The molecule has 5 atom stereocenters. The summed E-state index contributed by atoms with van der Waals surface area (Å²) in [4.78, 5) is 17.3. The SMILES string of the molecule is CCO[C@@H]1[C@@H](OC)[C@H](C)O[C@H](OC(=O)Nc2ccc3c(ccc4c3ncn4-c3ccc(OC(F)(F)C(F)(F)F)cc3)c2)[C@@H]1OC. The second kappa shape index (κ2) is 12.7. The normalized spacial score (nSPS) is 22.5. The van der Waals surface area contributed by atoms with Crippen LogP contribution in [0.2, 0.25) is 0 Å². The molecular formula is C30H30F5N3O7. The molecular weight excluding hydrogens is 609 g/mol. The molecule has 0 aliphatic carbocycles. The lowest BCUT2D eigenvalue weighted by Gasteiger charge is -2.43. The van der Waals surface area contributed by atoms with Gasteiger partial charge in [-0.25, -0.2) is 9.78 Å². The number of hydrogen-bond donors (Lipinski definition) is 1. The maximum absolute atomic E-state index is 13.2. The van der Waals surface area contributed by atoms with Gasteiger partial charge in [-0.15, -0.1) is 0 Å². The van der Waals surface area contributed by atoms with Gasteiger partial charge in [0.25, 0.3) is 0 Å². The lowest BCUT2D eigenvalue weighted by atomic mass is 9.99. The van der Waals surface area contributed by atoms with Crippen molar-refractivity contribution in [1.82, 2.24) is 9.55 Å². The summed E-state index contributed by atoms with van der Waals surface area (Å²) < 4.78 is 97.7. The predicted octanol–water partition coefficient (Wildman–Crippen LogP) is 6.44. The Kier molecular flexibility index (Phi) is 9.16. The van der Waals surface area contributed by atoms with Gasteiger partial charge in [-0.2, -0.15) is 22.0 Å². The highest BCUT2D eigenvalue weighted by Crippen LogP contribution is 2.38. The maximum Gasteiger partial charge on any atom is 0.499 e. The molecule has 242 valence electrons. The van der Waals surface area contributed by atoms with Crippen LogP contribution in [0.15, 0.2) is 60.9 Å². The van der Waals surface area contributed by atoms with E-state index in [-0.39, 0.29) is 0 Å². The maximum atomic E-state index is 13.2. The molecule has 10 nitrogen and oxygen atoms in total. The molecule has 0 radical (unpaired) electrons. The zero-order valence-corrected chi connectivity index (χ0v) is 24.5. The smallest absolute Gasteiger partial charge is 0.426 e. The summed E-state index contributed by atoms with van der Waals surface area (Å²) in [5.41, 5.74) is 2.13. The van der Waals surface area contributed by atoms with E-state index >= 15 is 0 Å². The Morgan fingerprint density at radius 3 is 2.33 bits per heavy atom. The van der Waals surface area contributed by atoms with E-state index in [2.05, 4.69) is 15.0 Å². The predicted molar refractivity (Wildman–Crippen MR) is 152 cm³/mol. The average Bonchev–Trinajstić information content (AvgIpc) is 3.41. The number of nitrogens with zero attached hydrogens (tertiary/aromatic N) is 2. The molecule has 0 unspecified atom stereocenters. The van der Waals surface area contributed by atoms with Crippen LogP contribution < -0.4 is 10.1 Å². The van der Waals surface area contributed by atoms with Crippen molar-refractivity contribution in [3.8, 4) is 11.4 Å². The number of alkyl halides is 5. The van der Waals surface area contributed by atoms with Crippen molar-refractivity contribution in [1.29, 1.82) is 0 Å². The monoisotopic (exact) mass is 639 g/mol. The zero-order valence-electron chi connectivity index (χ0n) is 24.5. The number of methoxy groups -OCH3 is 2. The third kappa shape index (κ3) is 6.52. The lowest BCUT2D eigenvalue weighted by molar-refractivity contribution is -0.360. The number of anilines is 1. The van der Waals surface area contributed by atoms with E-state index in [4.69, 9.17) is 23.7 Å². The van der Waals surface area contributed by atoms with Crippen LogP contribution in [0.4, 0.5) is 32.4 Å².